The largest absolute Gasteiger partial charge is 0.342 e. The molecule has 1 N–H and O–H groups in total. The molecule has 1 aromatic heterocycles. The number of benzene rings is 2. The summed E-state index contributed by atoms with van der Waals surface area (Å²) >= 11 is 0. The number of hydrogen-bond acceptors (Lipinski definition) is 2. The van der Waals surface area contributed by atoms with Crippen LogP contribution in [0.1, 0.15) is 26.2 Å². The zero-order valence-electron chi connectivity index (χ0n) is 16.1. The number of carbonyl (C=O) groups is 2. The van der Waals surface area contributed by atoms with E-state index in [1.807, 2.05) is 17.0 Å². The van der Waals surface area contributed by atoms with Crippen molar-refractivity contribution < 1.29 is 9.59 Å². The van der Waals surface area contributed by atoms with Crippen molar-refractivity contribution in [3.8, 4) is 0 Å². The zero-order valence-corrected chi connectivity index (χ0v) is 16.1. The molecule has 1 unspecified atom stereocenters. The maximum Gasteiger partial charge on any atom is 0.229 e. The van der Waals surface area contributed by atoms with Gasteiger partial charge in [0, 0.05) is 53.5 Å². The number of hydrogen-bond donors (Lipinski definition) is 1. The Balaban J connectivity index is 1.38. The van der Waals surface area contributed by atoms with Gasteiger partial charge >= 0.3 is 0 Å². The van der Waals surface area contributed by atoms with Crippen molar-refractivity contribution in [2.45, 2.75) is 32.7 Å². The first-order valence-corrected chi connectivity index (χ1v) is 10.2. The summed E-state index contributed by atoms with van der Waals surface area (Å²) in [6, 6.07) is 14.5. The fraction of sp³-hybridized carbons (Fsp3) is 0.391. The summed E-state index contributed by atoms with van der Waals surface area (Å²) in [5, 5.41) is 5.39. The number of nitrogens with one attached hydrogen (secondary N) is 1. The highest BCUT2D eigenvalue weighted by Gasteiger charge is 2.37. The fourth-order valence-electron chi connectivity index (χ4n) is 4.45. The molecular weight excluding hydrogens is 350 g/mol. The minimum absolute atomic E-state index is 0.0507. The van der Waals surface area contributed by atoms with E-state index in [9.17, 15) is 9.59 Å². The number of aryl methyl sites for hydroxylation is 1. The molecule has 1 saturated heterocycles. The van der Waals surface area contributed by atoms with E-state index in [1.165, 1.54) is 29.3 Å². The van der Waals surface area contributed by atoms with Crippen LogP contribution in [0, 0.1) is 11.8 Å². The summed E-state index contributed by atoms with van der Waals surface area (Å²) < 4.78 is 2.29. The van der Waals surface area contributed by atoms with E-state index in [1.54, 1.807) is 0 Å². The number of fused-ring (bicyclic) bond motifs is 3. The average molecular weight is 375 g/mol. The summed E-state index contributed by atoms with van der Waals surface area (Å²) in [6.45, 7) is 4.42. The molecule has 1 saturated carbocycles. The summed E-state index contributed by atoms with van der Waals surface area (Å²) in [5.41, 5.74) is 3.18. The second kappa shape index (κ2) is 6.66. The van der Waals surface area contributed by atoms with Gasteiger partial charge in [-0.3, -0.25) is 9.59 Å². The van der Waals surface area contributed by atoms with Crippen LogP contribution in [-0.2, 0) is 16.1 Å². The Kier molecular flexibility index (Phi) is 4.11. The van der Waals surface area contributed by atoms with E-state index in [4.69, 9.17) is 0 Å². The fourth-order valence-corrected chi connectivity index (χ4v) is 4.45. The molecule has 0 spiro atoms. The van der Waals surface area contributed by atoms with E-state index in [0.717, 1.165) is 24.2 Å². The third kappa shape index (κ3) is 2.95. The van der Waals surface area contributed by atoms with E-state index in [0.29, 0.717) is 18.9 Å². The minimum Gasteiger partial charge on any atom is -0.342 e. The van der Waals surface area contributed by atoms with Crippen molar-refractivity contribution in [2.24, 2.45) is 11.8 Å². The molecule has 1 aliphatic carbocycles. The number of carbonyl (C=O) groups excluding carboxylic acids is 2. The van der Waals surface area contributed by atoms with Crippen LogP contribution < -0.4 is 5.32 Å². The molecule has 0 radical (unpaired) electrons. The number of likely N-dealkylation sites (tertiary alicyclic amines) is 1. The molecule has 3 aromatic rings. The third-order valence-corrected chi connectivity index (χ3v) is 6.12. The number of anilines is 1. The van der Waals surface area contributed by atoms with Gasteiger partial charge in [0.1, 0.15) is 0 Å². The lowest BCUT2D eigenvalue weighted by Gasteiger charge is -2.16. The highest BCUT2D eigenvalue weighted by Crippen LogP contribution is 2.33. The number of nitrogens with zero attached hydrogens (tertiary/aromatic N) is 2. The van der Waals surface area contributed by atoms with Crippen LogP contribution in [0.25, 0.3) is 21.8 Å². The maximum atomic E-state index is 12.8. The van der Waals surface area contributed by atoms with Crippen LogP contribution in [0.15, 0.2) is 42.5 Å². The molecule has 144 valence electrons. The standard InChI is InChI=1S/C23H25N3O2/c1-2-26-20-6-4-3-5-18(20)19-12-17(9-10-21(19)26)24-23(28)16-11-22(27)25(14-16)13-15-7-8-15/h3-6,9-10,12,15-16H,2,7-8,11,13-14H2,1H3,(H,24,28). The van der Waals surface area contributed by atoms with Crippen LogP contribution in [0.4, 0.5) is 5.69 Å². The van der Waals surface area contributed by atoms with Crippen molar-refractivity contribution >= 4 is 39.3 Å². The Morgan fingerprint density at radius 1 is 1.11 bits per heavy atom. The molecule has 2 heterocycles. The van der Waals surface area contributed by atoms with Gasteiger partial charge in [-0.25, -0.2) is 0 Å². The molecule has 1 aliphatic heterocycles. The molecule has 5 nitrogen and oxygen atoms in total. The van der Waals surface area contributed by atoms with Crippen LogP contribution in [0.5, 0.6) is 0 Å². The van der Waals surface area contributed by atoms with Gasteiger partial charge in [-0.1, -0.05) is 18.2 Å². The van der Waals surface area contributed by atoms with E-state index < -0.39 is 0 Å². The summed E-state index contributed by atoms with van der Waals surface area (Å²) in [7, 11) is 0. The molecule has 2 amide bonds. The zero-order chi connectivity index (χ0) is 19.3. The van der Waals surface area contributed by atoms with Crippen LogP contribution in [0.3, 0.4) is 0 Å². The Morgan fingerprint density at radius 2 is 1.89 bits per heavy atom. The van der Waals surface area contributed by atoms with Crippen LogP contribution in [-0.4, -0.2) is 34.4 Å². The second-order valence-electron chi connectivity index (χ2n) is 8.13. The summed E-state index contributed by atoms with van der Waals surface area (Å²) in [4.78, 5) is 26.9. The number of rotatable bonds is 5. The topological polar surface area (TPSA) is 54.3 Å². The highest BCUT2D eigenvalue weighted by atomic mass is 16.2. The van der Waals surface area contributed by atoms with Crippen molar-refractivity contribution in [1.29, 1.82) is 0 Å². The van der Waals surface area contributed by atoms with Crippen LogP contribution in [0.2, 0.25) is 0 Å². The predicted octanol–water partition coefficient (Wildman–Crippen LogP) is 4.01. The monoisotopic (exact) mass is 375 g/mol. The van der Waals surface area contributed by atoms with Crippen molar-refractivity contribution in [3.63, 3.8) is 0 Å². The smallest absolute Gasteiger partial charge is 0.229 e. The highest BCUT2D eigenvalue weighted by molar-refractivity contribution is 6.10. The molecule has 2 aliphatic rings. The summed E-state index contributed by atoms with van der Waals surface area (Å²) in [5.74, 6) is 0.474. The lowest BCUT2D eigenvalue weighted by atomic mass is 10.1. The molecule has 1 atom stereocenters. The van der Waals surface area contributed by atoms with Gasteiger partial charge < -0.3 is 14.8 Å². The second-order valence-corrected chi connectivity index (χ2v) is 8.13. The number of amides is 2. The van der Waals surface area contributed by atoms with Crippen molar-refractivity contribution in [3.05, 3.63) is 42.5 Å². The first-order chi connectivity index (χ1) is 13.6. The van der Waals surface area contributed by atoms with Gasteiger partial charge in [-0.15, -0.1) is 0 Å². The normalized spacial score (nSPS) is 19.7. The molecule has 0 bridgehead atoms. The van der Waals surface area contributed by atoms with E-state index in [-0.39, 0.29) is 17.7 Å². The molecule has 5 rings (SSSR count). The van der Waals surface area contributed by atoms with E-state index in [2.05, 4.69) is 47.1 Å². The van der Waals surface area contributed by atoms with Gasteiger partial charge in [0.15, 0.2) is 0 Å². The molecule has 28 heavy (non-hydrogen) atoms. The third-order valence-electron chi connectivity index (χ3n) is 6.12. The Hall–Kier alpha value is -2.82. The first-order valence-electron chi connectivity index (χ1n) is 10.2. The van der Waals surface area contributed by atoms with Gasteiger partial charge in [-0.05, 0) is 49.9 Å². The van der Waals surface area contributed by atoms with E-state index >= 15 is 0 Å². The van der Waals surface area contributed by atoms with Crippen LogP contribution >= 0.6 is 0 Å². The first kappa shape index (κ1) is 17.3. The Morgan fingerprint density at radius 3 is 2.68 bits per heavy atom. The lowest BCUT2D eigenvalue weighted by molar-refractivity contribution is -0.128. The Bertz CT molecular complexity index is 1080. The molecule has 5 heteroatoms. The number of para-hydroxylation sites is 1. The molecule has 2 aromatic carbocycles. The van der Waals surface area contributed by atoms with Crippen molar-refractivity contribution in [1.82, 2.24) is 9.47 Å². The molecule has 2 fully saturated rings. The number of aromatic nitrogens is 1. The SMILES string of the molecule is CCn1c2ccccc2c2cc(NC(=O)C3CC(=O)N(CC4CC4)C3)ccc21. The molecular formula is C23H25N3O2. The lowest BCUT2D eigenvalue weighted by Crippen LogP contribution is -2.29. The van der Waals surface area contributed by atoms with Gasteiger partial charge in [0.05, 0.1) is 5.92 Å². The quantitative estimate of drug-likeness (QED) is 0.732. The van der Waals surface area contributed by atoms with Gasteiger partial charge in [0.2, 0.25) is 11.8 Å². The minimum atomic E-state index is -0.251. The maximum absolute atomic E-state index is 12.8. The van der Waals surface area contributed by atoms with Gasteiger partial charge in [-0.2, -0.15) is 0 Å². The average Bonchev–Trinajstić information content (AvgIpc) is 3.36. The van der Waals surface area contributed by atoms with Crippen molar-refractivity contribution in [2.75, 3.05) is 18.4 Å². The van der Waals surface area contributed by atoms with Gasteiger partial charge in [0.25, 0.3) is 0 Å². The predicted molar refractivity (Wildman–Crippen MR) is 111 cm³/mol. The Labute approximate surface area is 164 Å². The summed E-state index contributed by atoms with van der Waals surface area (Å²) in [6.07, 6.45) is 2.76.